The van der Waals surface area contributed by atoms with Crippen molar-refractivity contribution < 1.29 is 0 Å². The summed E-state index contributed by atoms with van der Waals surface area (Å²) in [6, 6.07) is 6.26. The number of alkyl halides is 1. The Labute approximate surface area is 131 Å². The number of rotatable bonds is 3. The number of imidazole rings is 1. The molecule has 0 aliphatic carbocycles. The van der Waals surface area contributed by atoms with Crippen LogP contribution in [0.3, 0.4) is 0 Å². The van der Waals surface area contributed by atoms with Gasteiger partial charge in [-0.1, -0.05) is 15.9 Å². The first-order valence-corrected chi connectivity index (χ1v) is 8.77. The molecule has 1 aliphatic heterocycles. The number of thioether (sulfide) groups is 1. The molecule has 1 aliphatic rings. The summed E-state index contributed by atoms with van der Waals surface area (Å²) in [5, 5.41) is 0. The second-order valence-corrected chi connectivity index (χ2v) is 8.15. The molecule has 102 valence electrons. The molecule has 5 heteroatoms. The molecular weight excluding hydrogens is 344 g/mol. The molecule has 0 radical (unpaired) electrons. The van der Waals surface area contributed by atoms with Crippen molar-refractivity contribution in [3.05, 3.63) is 28.5 Å². The van der Waals surface area contributed by atoms with Gasteiger partial charge in [0.1, 0.15) is 5.82 Å². The van der Waals surface area contributed by atoms with Gasteiger partial charge < -0.3 is 4.57 Å². The first-order valence-electron chi connectivity index (χ1n) is 6.46. The van der Waals surface area contributed by atoms with Gasteiger partial charge in [0.25, 0.3) is 0 Å². The molecule has 1 atom stereocenters. The molecule has 0 amide bonds. The maximum absolute atomic E-state index is 6.07. The number of nitrogens with zero attached hydrogens (tertiary/aromatic N) is 2. The van der Waals surface area contributed by atoms with E-state index >= 15 is 0 Å². The summed E-state index contributed by atoms with van der Waals surface area (Å²) in [5.74, 6) is 2.71. The van der Waals surface area contributed by atoms with Crippen molar-refractivity contribution in [1.82, 2.24) is 9.55 Å². The highest BCUT2D eigenvalue weighted by Crippen LogP contribution is 2.40. The first-order chi connectivity index (χ1) is 9.11. The van der Waals surface area contributed by atoms with Crippen LogP contribution in [-0.2, 0) is 12.4 Å². The number of fused-ring (bicyclic) bond motifs is 1. The minimum absolute atomic E-state index is 0.321. The Morgan fingerprint density at radius 2 is 2.37 bits per heavy atom. The van der Waals surface area contributed by atoms with Crippen molar-refractivity contribution in [2.75, 3.05) is 5.75 Å². The molecule has 1 unspecified atom stereocenters. The molecule has 3 rings (SSSR count). The van der Waals surface area contributed by atoms with Crippen LogP contribution in [0.2, 0.25) is 0 Å². The summed E-state index contributed by atoms with van der Waals surface area (Å²) in [5.41, 5.74) is 2.21. The van der Waals surface area contributed by atoms with Crippen LogP contribution in [0, 0.1) is 0 Å². The molecule has 0 bridgehead atoms. The van der Waals surface area contributed by atoms with Crippen molar-refractivity contribution in [1.29, 1.82) is 0 Å². The van der Waals surface area contributed by atoms with E-state index in [1.807, 2.05) is 0 Å². The third-order valence-electron chi connectivity index (χ3n) is 3.70. The molecule has 0 saturated carbocycles. The predicted molar refractivity (Wildman–Crippen MR) is 87.1 cm³/mol. The zero-order valence-corrected chi connectivity index (χ0v) is 14.0. The fraction of sp³-hybridized carbons (Fsp3) is 0.500. The lowest BCUT2D eigenvalue weighted by Gasteiger charge is -2.24. The van der Waals surface area contributed by atoms with Crippen LogP contribution < -0.4 is 0 Å². The van der Waals surface area contributed by atoms with E-state index < -0.39 is 0 Å². The molecule has 0 N–H and O–H groups in total. The van der Waals surface area contributed by atoms with Gasteiger partial charge in [0, 0.05) is 15.8 Å². The average molecular weight is 360 g/mol. The van der Waals surface area contributed by atoms with Crippen molar-refractivity contribution in [2.24, 2.45) is 0 Å². The number of aromatic nitrogens is 2. The molecule has 19 heavy (non-hydrogen) atoms. The van der Waals surface area contributed by atoms with E-state index in [0.717, 1.165) is 22.4 Å². The van der Waals surface area contributed by atoms with Gasteiger partial charge in [0.05, 0.1) is 16.9 Å². The highest BCUT2D eigenvalue weighted by molar-refractivity contribution is 9.10. The van der Waals surface area contributed by atoms with E-state index in [-0.39, 0.29) is 0 Å². The van der Waals surface area contributed by atoms with Crippen LogP contribution in [0.1, 0.15) is 25.6 Å². The summed E-state index contributed by atoms with van der Waals surface area (Å²) in [7, 11) is 0. The van der Waals surface area contributed by atoms with Crippen LogP contribution >= 0.6 is 39.3 Å². The average Bonchev–Trinajstić information content (AvgIpc) is 2.94. The highest BCUT2D eigenvalue weighted by atomic mass is 79.9. The fourth-order valence-corrected chi connectivity index (χ4v) is 4.57. The van der Waals surface area contributed by atoms with Gasteiger partial charge in [-0.05, 0) is 43.7 Å². The molecule has 0 spiro atoms. The molecular formula is C14H16BrClN2S. The summed E-state index contributed by atoms with van der Waals surface area (Å²) in [4.78, 5) is 4.66. The van der Waals surface area contributed by atoms with E-state index in [2.05, 4.69) is 62.4 Å². The lowest BCUT2D eigenvalue weighted by molar-refractivity contribution is 0.510. The Morgan fingerprint density at radius 1 is 1.53 bits per heavy atom. The Balaban J connectivity index is 2.05. The minimum Gasteiger partial charge on any atom is -0.326 e. The molecule has 1 aromatic heterocycles. The molecule has 1 aromatic carbocycles. The zero-order chi connectivity index (χ0) is 13.5. The van der Waals surface area contributed by atoms with Crippen molar-refractivity contribution in [2.45, 2.75) is 36.9 Å². The Hall–Kier alpha value is -0.190. The van der Waals surface area contributed by atoms with E-state index in [1.54, 1.807) is 0 Å². The van der Waals surface area contributed by atoms with Crippen LogP contribution in [0.15, 0.2) is 22.7 Å². The van der Waals surface area contributed by atoms with Gasteiger partial charge in [-0.25, -0.2) is 4.98 Å². The Morgan fingerprint density at radius 3 is 3.05 bits per heavy atom. The van der Waals surface area contributed by atoms with Crippen molar-refractivity contribution in [3.63, 3.8) is 0 Å². The van der Waals surface area contributed by atoms with Gasteiger partial charge in [0.2, 0.25) is 0 Å². The summed E-state index contributed by atoms with van der Waals surface area (Å²) < 4.78 is 3.68. The lowest BCUT2D eigenvalue weighted by atomic mass is 10.1. The third kappa shape index (κ3) is 2.67. The summed E-state index contributed by atoms with van der Waals surface area (Å²) in [6.45, 7) is 3.35. The van der Waals surface area contributed by atoms with Crippen molar-refractivity contribution in [3.8, 4) is 0 Å². The summed E-state index contributed by atoms with van der Waals surface area (Å²) >= 11 is 11.6. The Bertz CT molecular complexity index is 605. The number of halogens is 2. The molecule has 2 aromatic rings. The normalized spacial score (nSPS) is 23.3. The first kappa shape index (κ1) is 13.8. The van der Waals surface area contributed by atoms with Gasteiger partial charge in [-0.3, -0.25) is 0 Å². The molecule has 2 heterocycles. The summed E-state index contributed by atoms with van der Waals surface area (Å²) in [6.07, 6.45) is 2.59. The Kier molecular flexibility index (Phi) is 3.84. The van der Waals surface area contributed by atoms with Crippen LogP contribution in [0.25, 0.3) is 11.0 Å². The quantitative estimate of drug-likeness (QED) is 0.731. The van der Waals surface area contributed by atoms with Crippen LogP contribution in [0.5, 0.6) is 0 Å². The maximum atomic E-state index is 6.07. The lowest BCUT2D eigenvalue weighted by Crippen LogP contribution is -2.24. The molecule has 2 nitrogen and oxygen atoms in total. The van der Waals surface area contributed by atoms with E-state index in [0.29, 0.717) is 10.6 Å². The van der Waals surface area contributed by atoms with Gasteiger partial charge in [0.15, 0.2) is 0 Å². The second-order valence-electron chi connectivity index (χ2n) is 5.28. The largest absolute Gasteiger partial charge is 0.326 e. The van der Waals surface area contributed by atoms with E-state index in [1.165, 1.54) is 24.1 Å². The number of hydrogen-bond donors (Lipinski definition) is 0. The number of benzene rings is 1. The third-order valence-corrected chi connectivity index (χ3v) is 5.96. The smallest absolute Gasteiger partial charge is 0.124 e. The zero-order valence-electron chi connectivity index (χ0n) is 10.8. The van der Waals surface area contributed by atoms with Crippen LogP contribution in [-0.4, -0.2) is 20.1 Å². The van der Waals surface area contributed by atoms with E-state index in [9.17, 15) is 0 Å². The van der Waals surface area contributed by atoms with E-state index in [4.69, 9.17) is 11.6 Å². The standard InChI is InChI=1S/C14H16BrClN2S/c1-14(5-2-6-19-14)9-18-12-4-3-10(15)7-11(12)17-13(18)8-16/h3-4,7H,2,5-6,8-9H2,1H3. The predicted octanol–water partition coefficient (Wildman–Crippen LogP) is 4.82. The highest BCUT2D eigenvalue weighted by Gasteiger charge is 2.31. The maximum Gasteiger partial charge on any atom is 0.124 e. The molecule has 1 saturated heterocycles. The van der Waals surface area contributed by atoms with Crippen LogP contribution in [0.4, 0.5) is 0 Å². The second kappa shape index (κ2) is 5.30. The minimum atomic E-state index is 0.321. The van der Waals surface area contributed by atoms with Gasteiger partial charge in [-0.15, -0.1) is 11.6 Å². The van der Waals surface area contributed by atoms with Crippen molar-refractivity contribution >= 4 is 50.3 Å². The monoisotopic (exact) mass is 358 g/mol. The fourth-order valence-electron chi connectivity index (χ4n) is 2.73. The SMILES string of the molecule is CC1(Cn2c(CCl)nc3cc(Br)ccc32)CCCS1. The molecule has 1 fully saturated rings. The van der Waals surface area contributed by atoms with Gasteiger partial charge in [-0.2, -0.15) is 11.8 Å². The van der Waals surface area contributed by atoms with Gasteiger partial charge >= 0.3 is 0 Å². The topological polar surface area (TPSA) is 17.8 Å². The number of hydrogen-bond acceptors (Lipinski definition) is 2.